The van der Waals surface area contributed by atoms with Crippen LogP contribution in [-0.4, -0.2) is 18.7 Å². The SMILES string of the molecule is CC(C)CN(C)c1ccc(F)cc1CO. The van der Waals surface area contributed by atoms with Crippen molar-refractivity contribution in [3.05, 3.63) is 29.6 Å². The van der Waals surface area contributed by atoms with Gasteiger partial charge in [0.05, 0.1) is 6.61 Å². The smallest absolute Gasteiger partial charge is 0.123 e. The summed E-state index contributed by atoms with van der Waals surface area (Å²) in [5.74, 6) is 0.229. The minimum atomic E-state index is -0.305. The Balaban J connectivity index is 2.92. The third-order valence-corrected chi connectivity index (χ3v) is 2.26. The van der Waals surface area contributed by atoms with E-state index in [1.165, 1.54) is 12.1 Å². The molecular formula is C12H18FNO. The maximum atomic E-state index is 12.9. The highest BCUT2D eigenvalue weighted by atomic mass is 19.1. The van der Waals surface area contributed by atoms with Gasteiger partial charge in [0.15, 0.2) is 0 Å². The molecule has 0 aliphatic heterocycles. The van der Waals surface area contributed by atoms with Gasteiger partial charge in [-0.05, 0) is 24.1 Å². The molecule has 1 aromatic carbocycles. The summed E-state index contributed by atoms with van der Waals surface area (Å²) in [6.07, 6.45) is 0. The fourth-order valence-electron chi connectivity index (χ4n) is 1.70. The number of benzene rings is 1. The zero-order valence-corrected chi connectivity index (χ0v) is 9.50. The lowest BCUT2D eigenvalue weighted by molar-refractivity contribution is 0.281. The lowest BCUT2D eigenvalue weighted by Crippen LogP contribution is -2.23. The molecule has 0 amide bonds. The number of anilines is 1. The van der Waals surface area contributed by atoms with Crippen LogP contribution >= 0.6 is 0 Å². The molecule has 0 spiro atoms. The lowest BCUT2D eigenvalue weighted by atomic mass is 10.1. The fourth-order valence-corrected chi connectivity index (χ4v) is 1.70. The molecular weight excluding hydrogens is 193 g/mol. The van der Waals surface area contributed by atoms with Crippen LogP contribution in [0.15, 0.2) is 18.2 Å². The molecule has 0 aliphatic rings. The van der Waals surface area contributed by atoms with Crippen molar-refractivity contribution >= 4 is 5.69 Å². The van der Waals surface area contributed by atoms with E-state index in [9.17, 15) is 4.39 Å². The number of aliphatic hydroxyl groups excluding tert-OH is 1. The molecule has 3 heteroatoms. The van der Waals surface area contributed by atoms with Crippen molar-refractivity contribution in [3.8, 4) is 0 Å². The van der Waals surface area contributed by atoms with Gasteiger partial charge in [-0.1, -0.05) is 13.8 Å². The van der Waals surface area contributed by atoms with Crippen LogP contribution in [0.4, 0.5) is 10.1 Å². The van der Waals surface area contributed by atoms with Crippen LogP contribution in [0.3, 0.4) is 0 Å². The number of hydrogen-bond acceptors (Lipinski definition) is 2. The van der Waals surface area contributed by atoms with Crippen LogP contribution in [0, 0.1) is 11.7 Å². The quantitative estimate of drug-likeness (QED) is 0.826. The highest BCUT2D eigenvalue weighted by Gasteiger charge is 2.09. The van der Waals surface area contributed by atoms with Gasteiger partial charge in [-0.2, -0.15) is 0 Å². The van der Waals surface area contributed by atoms with Gasteiger partial charge in [0.25, 0.3) is 0 Å². The van der Waals surface area contributed by atoms with Gasteiger partial charge in [0, 0.05) is 24.8 Å². The van der Waals surface area contributed by atoms with Crippen LogP contribution in [0.5, 0.6) is 0 Å². The van der Waals surface area contributed by atoms with Gasteiger partial charge < -0.3 is 10.0 Å². The minimum Gasteiger partial charge on any atom is -0.392 e. The Bertz CT molecular complexity index is 325. The van der Waals surface area contributed by atoms with Gasteiger partial charge >= 0.3 is 0 Å². The second-order valence-corrected chi connectivity index (χ2v) is 4.21. The maximum Gasteiger partial charge on any atom is 0.123 e. The van der Waals surface area contributed by atoms with E-state index in [0.29, 0.717) is 11.5 Å². The fraction of sp³-hybridized carbons (Fsp3) is 0.500. The highest BCUT2D eigenvalue weighted by molar-refractivity contribution is 5.53. The van der Waals surface area contributed by atoms with Crippen molar-refractivity contribution < 1.29 is 9.50 Å². The molecule has 0 fully saturated rings. The third-order valence-electron chi connectivity index (χ3n) is 2.26. The van der Waals surface area contributed by atoms with Crippen molar-refractivity contribution in [2.75, 3.05) is 18.5 Å². The summed E-state index contributed by atoms with van der Waals surface area (Å²) in [5.41, 5.74) is 1.53. The number of rotatable bonds is 4. The van der Waals surface area contributed by atoms with Gasteiger partial charge in [0.2, 0.25) is 0 Å². The monoisotopic (exact) mass is 211 g/mol. The average Bonchev–Trinajstić information content (AvgIpc) is 2.16. The maximum absolute atomic E-state index is 12.9. The Morgan fingerprint density at radius 3 is 2.60 bits per heavy atom. The van der Waals surface area contributed by atoms with E-state index in [2.05, 4.69) is 13.8 Å². The second-order valence-electron chi connectivity index (χ2n) is 4.21. The summed E-state index contributed by atoms with van der Waals surface area (Å²) in [5, 5.41) is 9.13. The summed E-state index contributed by atoms with van der Waals surface area (Å²) >= 11 is 0. The molecule has 0 aromatic heterocycles. The van der Waals surface area contributed by atoms with E-state index in [1.807, 2.05) is 11.9 Å². The number of hydrogen-bond donors (Lipinski definition) is 1. The lowest BCUT2D eigenvalue weighted by Gasteiger charge is -2.23. The summed E-state index contributed by atoms with van der Waals surface area (Å²) < 4.78 is 12.9. The highest BCUT2D eigenvalue weighted by Crippen LogP contribution is 2.21. The van der Waals surface area contributed by atoms with Crippen molar-refractivity contribution in [1.29, 1.82) is 0 Å². The molecule has 0 unspecified atom stereocenters. The predicted molar refractivity (Wildman–Crippen MR) is 60.4 cm³/mol. The van der Waals surface area contributed by atoms with Crippen molar-refractivity contribution in [1.82, 2.24) is 0 Å². The van der Waals surface area contributed by atoms with E-state index < -0.39 is 0 Å². The zero-order chi connectivity index (χ0) is 11.4. The molecule has 2 nitrogen and oxygen atoms in total. The van der Waals surface area contributed by atoms with Crippen LogP contribution in [0.2, 0.25) is 0 Å². The Morgan fingerprint density at radius 2 is 2.07 bits per heavy atom. The Morgan fingerprint density at radius 1 is 1.40 bits per heavy atom. The molecule has 1 aromatic rings. The van der Waals surface area contributed by atoms with Crippen LogP contribution in [0.25, 0.3) is 0 Å². The first-order valence-corrected chi connectivity index (χ1v) is 5.15. The van der Waals surface area contributed by atoms with Gasteiger partial charge in [-0.3, -0.25) is 0 Å². The molecule has 0 saturated heterocycles. The summed E-state index contributed by atoms with van der Waals surface area (Å²) in [4.78, 5) is 2.04. The standard InChI is InChI=1S/C12H18FNO/c1-9(2)7-14(3)12-5-4-11(13)6-10(12)8-15/h4-6,9,15H,7-8H2,1-3H3. The second kappa shape index (κ2) is 5.12. The average molecular weight is 211 g/mol. The van der Waals surface area contributed by atoms with E-state index in [-0.39, 0.29) is 12.4 Å². The molecule has 0 atom stereocenters. The molecule has 0 bridgehead atoms. The van der Waals surface area contributed by atoms with Crippen LogP contribution < -0.4 is 4.90 Å². The first-order valence-electron chi connectivity index (χ1n) is 5.15. The van der Waals surface area contributed by atoms with Crippen LogP contribution in [0.1, 0.15) is 19.4 Å². The Labute approximate surface area is 90.3 Å². The molecule has 0 heterocycles. The van der Waals surface area contributed by atoms with Crippen molar-refractivity contribution in [2.45, 2.75) is 20.5 Å². The number of aliphatic hydroxyl groups is 1. The first kappa shape index (κ1) is 12.0. The third kappa shape index (κ3) is 3.20. The first-order chi connectivity index (χ1) is 7.04. The van der Waals surface area contributed by atoms with E-state index >= 15 is 0 Å². The molecule has 15 heavy (non-hydrogen) atoms. The minimum absolute atomic E-state index is 0.129. The number of nitrogens with zero attached hydrogens (tertiary/aromatic N) is 1. The van der Waals surface area contributed by atoms with E-state index in [4.69, 9.17) is 5.11 Å². The Hall–Kier alpha value is -1.09. The molecule has 0 saturated carbocycles. The number of halogens is 1. The summed E-state index contributed by atoms with van der Waals surface area (Å²) in [6, 6.07) is 4.51. The van der Waals surface area contributed by atoms with Crippen molar-refractivity contribution in [2.24, 2.45) is 5.92 Å². The summed E-state index contributed by atoms with van der Waals surface area (Å²) in [7, 11) is 1.95. The van der Waals surface area contributed by atoms with Gasteiger partial charge in [0.1, 0.15) is 5.82 Å². The van der Waals surface area contributed by atoms with Crippen LogP contribution in [-0.2, 0) is 6.61 Å². The van der Waals surface area contributed by atoms with Gasteiger partial charge in [-0.25, -0.2) is 4.39 Å². The molecule has 0 radical (unpaired) electrons. The molecule has 1 rings (SSSR count). The Kier molecular flexibility index (Phi) is 4.09. The summed E-state index contributed by atoms with van der Waals surface area (Å²) in [6.45, 7) is 5.01. The molecule has 1 N–H and O–H groups in total. The van der Waals surface area contributed by atoms with Crippen molar-refractivity contribution in [3.63, 3.8) is 0 Å². The zero-order valence-electron chi connectivity index (χ0n) is 9.50. The van der Waals surface area contributed by atoms with Gasteiger partial charge in [-0.15, -0.1) is 0 Å². The largest absolute Gasteiger partial charge is 0.392 e. The normalized spacial score (nSPS) is 10.8. The van der Waals surface area contributed by atoms with E-state index in [1.54, 1.807) is 6.07 Å². The molecule has 0 aliphatic carbocycles. The predicted octanol–water partition coefficient (Wildman–Crippen LogP) is 2.41. The molecule has 84 valence electrons. The van der Waals surface area contributed by atoms with E-state index in [0.717, 1.165) is 12.2 Å². The topological polar surface area (TPSA) is 23.5 Å².